The van der Waals surface area contributed by atoms with Gasteiger partial charge in [0.2, 0.25) is 0 Å². The van der Waals surface area contributed by atoms with Gasteiger partial charge in [-0.3, -0.25) is 4.79 Å². The van der Waals surface area contributed by atoms with E-state index < -0.39 is 0 Å². The van der Waals surface area contributed by atoms with Crippen LogP contribution in [0.15, 0.2) is 12.3 Å². The first-order valence-corrected chi connectivity index (χ1v) is 5.35. The number of carbonyl (C=O) groups excluding carboxylic acids is 1. The summed E-state index contributed by atoms with van der Waals surface area (Å²) in [6.07, 6.45) is 1.00. The maximum Gasteiger partial charge on any atom is 0.157 e. The van der Waals surface area contributed by atoms with E-state index in [4.69, 9.17) is 0 Å². The molecule has 2 atom stereocenters. The number of nitrogens with one attached hydrogen (secondary N) is 1. The molecule has 0 fully saturated rings. The summed E-state index contributed by atoms with van der Waals surface area (Å²) < 4.78 is 0. The number of hydrogen-bond donors (Lipinski definition) is 1. The molecule has 0 saturated carbocycles. The Kier molecular flexibility index (Phi) is 5.51. The van der Waals surface area contributed by atoms with E-state index in [9.17, 15) is 4.79 Å². The normalized spacial score (nSPS) is 15.0. The van der Waals surface area contributed by atoms with E-state index in [2.05, 4.69) is 25.7 Å². The molecule has 0 amide bonds. The summed E-state index contributed by atoms with van der Waals surface area (Å²) in [5.74, 6) is 0.727. The Labute approximate surface area is 87.8 Å². The maximum atomic E-state index is 11.9. The maximum absolute atomic E-state index is 11.9. The molecule has 0 rings (SSSR count). The average Bonchev–Trinajstić information content (AvgIpc) is 2.11. The number of rotatable bonds is 6. The van der Waals surface area contributed by atoms with Crippen LogP contribution in [0, 0.1) is 11.8 Å². The van der Waals surface area contributed by atoms with Gasteiger partial charge >= 0.3 is 0 Å². The van der Waals surface area contributed by atoms with Crippen LogP contribution >= 0.6 is 0 Å². The molecule has 0 radical (unpaired) electrons. The molecule has 0 aromatic carbocycles. The highest BCUT2D eigenvalue weighted by Gasteiger charge is 2.25. The van der Waals surface area contributed by atoms with E-state index in [1.165, 1.54) is 0 Å². The van der Waals surface area contributed by atoms with Crippen molar-refractivity contribution < 1.29 is 4.79 Å². The van der Waals surface area contributed by atoms with Gasteiger partial charge in [0.15, 0.2) is 5.78 Å². The highest BCUT2D eigenvalue weighted by molar-refractivity contribution is 5.86. The van der Waals surface area contributed by atoms with Gasteiger partial charge in [-0.15, -0.1) is 0 Å². The molecule has 82 valence electrons. The number of Topliss-reactive ketones (excluding diaryl/α,β-unsaturated/α-hetero) is 1. The van der Waals surface area contributed by atoms with Gasteiger partial charge in [0.05, 0.1) is 6.04 Å². The quantitative estimate of drug-likeness (QED) is 0.709. The molecule has 0 aliphatic carbocycles. The predicted octanol–water partition coefficient (Wildman–Crippen LogP) is 2.75. The van der Waals surface area contributed by atoms with E-state index in [1.54, 1.807) is 0 Å². The van der Waals surface area contributed by atoms with Gasteiger partial charge in [0, 0.05) is 11.6 Å². The Balaban J connectivity index is 4.54. The molecular weight excluding hydrogens is 174 g/mol. The van der Waals surface area contributed by atoms with E-state index in [1.807, 2.05) is 20.8 Å². The molecule has 2 nitrogen and oxygen atoms in total. The summed E-state index contributed by atoms with van der Waals surface area (Å²) in [5, 5.41) is 3.17. The molecule has 1 N–H and O–H groups in total. The molecule has 2 heteroatoms. The second kappa shape index (κ2) is 5.84. The zero-order valence-corrected chi connectivity index (χ0v) is 10.1. The Morgan fingerprint density at radius 1 is 1.36 bits per heavy atom. The van der Waals surface area contributed by atoms with Crippen molar-refractivity contribution in [3.8, 4) is 0 Å². The lowest BCUT2D eigenvalue weighted by Gasteiger charge is -2.25. The largest absolute Gasteiger partial charge is 0.379 e. The zero-order chi connectivity index (χ0) is 11.3. The van der Waals surface area contributed by atoms with E-state index >= 15 is 0 Å². The third-order valence-corrected chi connectivity index (χ3v) is 2.49. The monoisotopic (exact) mass is 197 g/mol. The van der Waals surface area contributed by atoms with Crippen LogP contribution in [0.3, 0.4) is 0 Å². The van der Waals surface area contributed by atoms with Gasteiger partial charge in [0.1, 0.15) is 0 Å². The first-order chi connectivity index (χ1) is 6.40. The van der Waals surface area contributed by atoms with Gasteiger partial charge in [-0.2, -0.15) is 0 Å². The van der Waals surface area contributed by atoms with Crippen molar-refractivity contribution in [3.05, 3.63) is 12.3 Å². The molecule has 0 saturated heterocycles. The zero-order valence-electron chi connectivity index (χ0n) is 10.1. The Morgan fingerprint density at radius 2 is 1.86 bits per heavy atom. The summed E-state index contributed by atoms with van der Waals surface area (Å²) in [4.78, 5) is 11.9. The first-order valence-electron chi connectivity index (χ1n) is 5.35. The van der Waals surface area contributed by atoms with Crippen LogP contribution in [0.1, 0.15) is 41.0 Å². The lowest BCUT2D eigenvalue weighted by Crippen LogP contribution is -2.42. The smallest absolute Gasteiger partial charge is 0.157 e. The molecular formula is C12H23NO. The first kappa shape index (κ1) is 13.2. The Bertz CT molecular complexity index is 208. The van der Waals surface area contributed by atoms with Crippen molar-refractivity contribution in [2.75, 3.05) is 0 Å². The summed E-state index contributed by atoms with van der Waals surface area (Å²) in [6.45, 7) is 13.8. The molecule has 0 spiro atoms. The van der Waals surface area contributed by atoms with Gasteiger partial charge in [0.25, 0.3) is 0 Å². The fraction of sp³-hybridized carbons (Fsp3) is 0.750. The summed E-state index contributed by atoms with van der Waals surface area (Å²) in [5.41, 5.74) is 0.865. The van der Waals surface area contributed by atoms with E-state index in [0.29, 0.717) is 5.92 Å². The second-order valence-corrected chi connectivity index (χ2v) is 4.34. The van der Waals surface area contributed by atoms with Crippen LogP contribution in [0.25, 0.3) is 0 Å². The number of carbonyl (C=O) groups is 1. The topological polar surface area (TPSA) is 29.1 Å². The lowest BCUT2D eigenvalue weighted by atomic mass is 9.90. The van der Waals surface area contributed by atoms with Gasteiger partial charge in [-0.05, 0) is 12.8 Å². The molecule has 0 unspecified atom stereocenters. The number of allylic oxidation sites excluding steroid dienone is 1. The third kappa shape index (κ3) is 3.95. The van der Waals surface area contributed by atoms with Crippen LogP contribution in [0.2, 0.25) is 0 Å². The highest BCUT2D eigenvalue weighted by Crippen LogP contribution is 2.13. The predicted molar refractivity (Wildman–Crippen MR) is 61.0 cm³/mol. The van der Waals surface area contributed by atoms with Gasteiger partial charge in [-0.1, -0.05) is 40.7 Å². The molecule has 14 heavy (non-hydrogen) atoms. The summed E-state index contributed by atoms with van der Waals surface area (Å²) >= 11 is 0. The van der Waals surface area contributed by atoms with Gasteiger partial charge < -0.3 is 5.32 Å². The van der Waals surface area contributed by atoms with Crippen molar-refractivity contribution in [2.24, 2.45) is 11.8 Å². The van der Waals surface area contributed by atoms with Crippen molar-refractivity contribution in [3.63, 3.8) is 0 Å². The van der Waals surface area contributed by atoms with Crippen LogP contribution < -0.4 is 5.32 Å². The average molecular weight is 197 g/mol. The lowest BCUT2D eigenvalue weighted by molar-refractivity contribution is -0.124. The highest BCUT2D eigenvalue weighted by atomic mass is 16.1. The molecule has 0 bridgehead atoms. The summed E-state index contributed by atoms with van der Waals surface area (Å²) in [7, 11) is 0. The molecule has 0 aliphatic rings. The Morgan fingerprint density at radius 3 is 2.14 bits per heavy atom. The SMILES string of the molecule is C=C(C)N[C@H](C(=O)C(C)C)[C@@H](C)CC. The summed E-state index contributed by atoms with van der Waals surface area (Å²) in [6, 6.07) is -0.0718. The molecule has 0 aromatic rings. The fourth-order valence-electron chi connectivity index (χ4n) is 1.35. The van der Waals surface area contributed by atoms with Crippen LogP contribution in [-0.4, -0.2) is 11.8 Å². The Hall–Kier alpha value is -0.790. The minimum Gasteiger partial charge on any atom is -0.379 e. The molecule has 0 heterocycles. The van der Waals surface area contributed by atoms with E-state index in [-0.39, 0.29) is 17.7 Å². The van der Waals surface area contributed by atoms with Crippen molar-refractivity contribution >= 4 is 5.78 Å². The van der Waals surface area contributed by atoms with Gasteiger partial charge in [-0.25, -0.2) is 0 Å². The number of hydrogen-bond acceptors (Lipinski definition) is 2. The van der Waals surface area contributed by atoms with Crippen molar-refractivity contribution in [1.82, 2.24) is 5.32 Å². The van der Waals surface area contributed by atoms with Crippen LogP contribution in [0.5, 0.6) is 0 Å². The third-order valence-electron chi connectivity index (χ3n) is 2.49. The molecule has 0 aliphatic heterocycles. The standard InChI is InChI=1S/C12H23NO/c1-7-10(6)11(13-9(4)5)12(14)8(2)3/h8,10-11,13H,4,7H2,1-3,5-6H3/t10-,11-/m0/s1. The minimum absolute atomic E-state index is 0.0718. The fourth-order valence-corrected chi connectivity index (χ4v) is 1.35. The van der Waals surface area contributed by atoms with Crippen LogP contribution in [-0.2, 0) is 4.79 Å². The molecule has 0 aromatic heterocycles. The minimum atomic E-state index is -0.0718. The van der Waals surface area contributed by atoms with Crippen LogP contribution in [0.4, 0.5) is 0 Å². The van der Waals surface area contributed by atoms with E-state index in [0.717, 1.165) is 12.1 Å². The number of ketones is 1. The van der Waals surface area contributed by atoms with Crippen molar-refractivity contribution in [2.45, 2.75) is 47.1 Å². The second-order valence-electron chi connectivity index (χ2n) is 4.34. The van der Waals surface area contributed by atoms with Crippen molar-refractivity contribution in [1.29, 1.82) is 0 Å².